The molecule has 0 bridgehead atoms. The Morgan fingerprint density at radius 1 is 1.18 bits per heavy atom. The monoisotopic (exact) mass is 243 g/mol. The van der Waals surface area contributed by atoms with Crippen molar-refractivity contribution in [1.82, 2.24) is 4.98 Å². The van der Waals surface area contributed by atoms with Gasteiger partial charge in [-0.15, -0.1) is 11.3 Å². The molecule has 1 aromatic carbocycles. The van der Waals surface area contributed by atoms with E-state index in [0.717, 1.165) is 5.92 Å². The van der Waals surface area contributed by atoms with Crippen LogP contribution in [0.1, 0.15) is 49.8 Å². The van der Waals surface area contributed by atoms with Crippen molar-refractivity contribution < 1.29 is 0 Å². The predicted octanol–water partition coefficient (Wildman–Crippen LogP) is 4.81. The Labute approximate surface area is 107 Å². The number of hydrogen-bond acceptors (Lipinski definition) is 2. The molecule has 0 N–H and O–H groups in total. The Kier molecular flexibility index (Phi) is 2.75. The fourth-order valence-corrected chi connectivity index (χ4v) is 2.90. The van der Waals surface area contributed by atoms with Crippen molar-refractivity contribution in [3.05, 3.63) is 40.9 Å². The van der Waals surface area contributed by atoms with Gasteiger partial charge in [0, 0.05) is 16.9 Å². The molecule has 0 atom stereocenters. The van der Waals surface area contributed by atoms with E-state index in [1.807, 2.05) is 0 Å². The standard InChI is InChI=1S/C15H17NS/c1-10(2)11-3-7-13(8-4-11)15-16-14(9-17-15)12-5-6-12/h3-4,7-10,12H,5-6H2,1-2H3. The largest absolute Gasteiger partial charge is 0.241 e. The Bertz CT molecular complexity index is 506. The molecule has 0 radical (unpaired) electrons. The first-order valence-corrected chi connectivity index (χ1v) is 7.18. The zero-order chi connectivity index (χ0) is 11.8. The molecule has 0 aliphatic heterocycles. The molecule has 1 nitrogen and oxygen atoms in total. The van der Waals surface area contributed by atoms with E-state index >= 15 is 0 Å². The van der Waals surface area contributed by atoms with Crippen LogP contribution in [0.2, 0.25) is 0 Å². The first-order chi connectivity index (χ1) is 8.24. The van der Waals surface area contributed by atoms with Gasteiger partial charge in [0.25, 0.3) is 0 Å². The summed E-state index contributed by atoms with van der Waals surface area (Å²) in [5.74, 6) is 1.36. The third kappa shape index (κ3) is 2.27. The van der Waals surface area contributed by atoms with Crippen LogP contribution >= 0.6 is 11.3 Å². The molecule has 1 aromatic heterocycles. The molecule has 88 valence electrons. The van der Waals surface area contributed by atoms with Gasteiger partial charge in [0.2, 0.25) is 0 Å². The molecule has 0 saturated heterocycles. The maximum atomic E-state index is 4.74. The minimum atomic E-state index is 0.599. The van der Waals surface area contributed by atoms with E-state index in [1.165, 1.54) is 34.7 Å². The Morgan fingerprint density at radius 3 is 2.47 bits per heavy atom. The molecule has 1 aliphatic carbocycles. The fraction of sp³-hybridized carbons (Fsp3) is 0.400. The maximum absolute atomic E-state index is 4.74. The average Bonchev–Trinajstić information content (AvgIpc) is 3.07. The molecule has 2 heteroatoms. The number of nitrogens with zero attached hydrogens (tertiary/aromatic N) is 1. The van der Waals surface area contributed by atoms with E-state index in [9.17, 15) is 0 Å². The summed E-state index contributed by atoms with van der Waals surface area (Å²) in [4.78, 5) is 4.74. The normalized spacial score (nSPS) is 15.5. The first kappa shape index (κ1) is 11.0. The van der Waals surface area contributed by atoms with Crippen LogP contribution in [0.5, 0.6) is 0 Å². The van der Waals surface area contributed by atoms with Crippen molar-refractivity contribution in [3.8, 4) is 10.6 Å². The lowest BCUT2D eigenvalue weighted by Gasteiger charge is -2.05. The summed E-state index contributed by atoms with van der Waals surface area (Å²) in [6.07, 6.45) is 2.66. The lowest BCUT2D eigenvalue weighted by molar-refractivity contribution is 0.867. The Balaban J connectivity index is 1.86. The minimum Gasteiger partial charge on any atom is -0.241 e. The van der Waals surface area contributed by atoms with Crippen molar-refractivity contribution in [3.63, 3.8) is 0 Å². The SMILES string of the molecule is CC(C)c1ccc(-c2nc(C3CC3)cs2)cc1. The molecule has 0 unspecified atom stereocenters. The van der Waals surface area contributed by atoms with Crippen LogP contribution < -0.4 is 0 Å². The highest BCUT2D eigenvalue weighted by Gasteiger charge is 2.26. The van der Waals surface area contributed by atoms with Crippen LogP contribution in [0.15, 0.2) is 29.6 Å². The lowest BCUT2D eigenvalue weighted by Crippen LogP contribution is -1.86. The summed E-state index contributed by atoms with van der Waals surface area (Å²) in [7, 11) is 0. The Hall–Kier alpha value is -1.15. The summed E-state index contributed by atoms with van der Waals surface area (Å²) < 4.78 is 0. The molecule has 3 rings (SSSR count). The van der Waals surface area contributed by atoms with E-state index in [4.69, 9.17) is 4.98 Å². The van der Waals surface area contributed by atoms with Gasteiger partial charge in [0.1, 0.15) is 5.01 Å². The second-order valence-electron chi connectivity index (χ2n) is 5.13. The van der Waals surface area contributed by atoms with E-state index in [-0.39, 0.29) is 0 Å². The van der Waals surface area contributed by atoms with E-state index in [2.05, 4.69) is 43.5 Å². The third-order valence-electron chi connectivity index (χ3n) is 3.34. The molecular weight excluding hydrogens is 226 g/mol. The zero-order valence-corrected chi connectivity index (χ0v) is 11.1. The number of hydrogen-bond donors (Lipinski definition) is 0. The number of thiazole rings is 1. The number of rotatable bonds is 3. The van der Waals surface area contributed by atoms with Gasteiger partial charge in [-0.05, 0) is 24.3 Å². The van der Waals surface area contributed by atoms with Crippen molar-refractivity contribution in [2.45, 2.75) is 38.5 Å². The molecule has 0 spiro atoms. The third-order valence-corrected chi connectivity index (χ3v) is 4.25. The van der Waals surface area contributed by atoms with Crippen LogP contribution in [-0.4, -0.2) is 4.98 Å². The van der Waals surface area contributed by atoms with Crippen LogP contribution in [0.25, 0.3) is 10.6 Å². The highest BCUT2D eigenvalue weighted by atomic mass is 32.1. The summed E-state index contributed by atoms with van der Waals surface area (Å²) in [6.45, 7) is 4.45. The molecule has 1 fully saturated rings. The molecule has 2 aromatic rings. The molecule has 1 aliphatic rings. The molecule has 17 heavy (non-hydrogen) atoms. The molecule has 1 heterocycles. The van der Waals surface area contributed by atoms with E-state index in [0.29, 0.717) is 5.92 Å². The van der Waals surface area contributed by atoms with Gasteiger partial charge >= 0.3 is 0 Å². The van der Waals surface area contributed by atoms with Crippen LogP contribution in [0.3, 0.4) is 0 Å². The quantitative estimate of drug-likeness (QED) is 0.753. The highest BCUT2D eigenvalue weighted by molar-refractivity contribution is 7.13. The van der Waals surface area contributed by atoms with Gasteiger partial charge in [0.15, 0.2) is 0 Å². The van der Waals surface area contributed by atoms with Crippen LogP contribution in [-0.2, 0) is 0 Å². The first-order valence-electron chi connectivity index (χ1n) is 6.30. The van der Waals surface area contributed by atoms with Crippen molar-refractivity contribution in [1.29, 1.82) is 0 Å². The van der Waals surface area contributed by atoms with Crippen LogP contribution in [0, 0.1) is 0 Å². The summed E-state index contributed by atoms with van der Waals surface area (Å²) in [5, 5.41) is 3.39. The second-order valence-corrected chi connectivity index (χ2v) is 5.99. The van der Waals surface area contributed by atoms with Crippen molar-refractivity contribution in [2.75, 3.05) is 0 Å². The lowest BCUT2D eigenvalue weighted by atomic mass is 10.0. The van der Waals surface area contributed by atoms with E-state index < -0.39 is 0 Å². The number of benzene rings is 1. The van der Waals surface area contributed by atoms with Crippen molar-refractivity contribution in [2.24, 2.45) is 0 Å². The minimum absolute atomic E-state index is 0.599. The maximum Gasteiger partial charge on any atom is 0.123 e. The van der Waals surface area contributed by atoms with Gasteiger partial charge in [-0.25, -0.2) is 4.98 Å². The number of aromatic nitrogens is 1. The van der Waals surface area contributed by atoms with Gasteiger partial charge in [-0.1, -0.05) is 38.1 Å². The smallest absolute Gasteiger partial charge is 0.123 e. The molecule has 1 saturated carbocycles. The molecular formula is C15H17NS. The summed E-state index contributed by atoms with van der Waals surface area (Å²) in [5.41, 5.74) is 3.96. The van der Waals surface area contributed by atoms with Crippen molar-refractivity contribution >= 4 is 11.3 Å². The van der Waals surface area contributed by atoms with Gasteiger partial charge in [-0.2, -0.15) is 0 Å². The fourth-order valence-electron chi connectivity index (χ4n) is 2.00. The second kappa shape index (κ2) is 4.26. The Morgan fingerprint density at radius 2 is 1.88 bits per heavy atom. The van der Waals surface area contributed by atoms with Crippen LogP contribution in [0.4, 0.5) is 0 Å². The van der Waals surface area contributed by atoms with Gasteiger partial charge in [0.05, 0.1) is 5.69 Å². The topological polar surface area (TPSA) is 12.9 Å². The summed E-state index contributed by atoms with van der Waals surface area (Å²) >= 11 is 1.77. The van der Waals surface area contributed by atoms with Gasteiger partial charge < -0.3 is 0 Å². The predicted molar refractivity (Wildman–Crippen MR) is 73.6 cm³/mol. The average molecular weight is 243 g/mol. The molecule has 0 amide bonds. The van der Waals surface area contributed by atoms with E-state index in [1.54, 1.807) is 11.3 Å². The highest BCUT2D eigenvalue weighted by Crippen LogP contribution is 2.41. The zero-order valence-electron chi connectivity index (χ0n) is 10.3. The van der Waals surface area contributed by atoms with Gasteiger partial charge in [-0.3, -0.25) is 0 Å². The summed E-state index contributed by atoms with van der Waals surface area (Å²) in [6, 6.07) is 8.84.